The molecule has 1 fully saturated rings. The van der Waals surface area contributed by atoms with Crippen molar-refractivity contribution in [2.75, 3.05) is 13.1 Å². The molecule has 0 unspecified atom stereocenters. The maximum absolute atomic E-state index is 12.5. The van der Waals surface area contributed by atoms with Crippen molar-refractivity contribution in [3.05, 3.63) is 27.5 Å². The molecule has 2 rings (SSSR count). The van der Waals surface area contributed by atoms with Crippen LogP contribution in [-0.4, -0.2) is 35.0 Å². The highest BCUT2D eigenvalue weighted by atomic mass is 32.1. The summed E-state index contributed by atoms with van der Waals surface area (Å²) >= 11 is 1.36. The van der Waals surface area contributed by atoms with E-state index in [0.717, 1.165) is 42.4 Å². The van der Waals surface area contributed by atoms with E-state index in [1.54, 1.807) is 6.08 Å². The van der Waals surface area contributed by atoms with E-state index < -0.39 is 5.97 Å². The fraction of sp³-hybridized carbons (Fsp3) is 0.500. The Labute approximate surface area is 129 Å². The fourth-order valence-corrected chi connectivity index (χ4v) is 3.43. The average Bonchev–Trinajstić information content (AvgIpc) is 2.77. The molecule has 1 aromatic rings. The van der Waals surface area contributed by atoms with Gasteiger partial charge in [0.05, 0.1) is 4.88 Å². The minimum Gasteiger partial charge on any atom is -0.478 e. The van der Waals surface area contributed by atoms with E-state index >= 15 is 0 Å². The largest absolute Gasteiger partial charge is 0.478 e. The predicted octanol–water partition coefficient (Wildman–Crippen LogP) is 3.42. The van der Waals surface area contributed by atoms with Gasteiger partial charge in [-0.3, -0.25) is 4.79 Å². The van der Waals surface area contributed by atoms with Gasteiger partial charge in [-0.1, -0.05) is 13.8 Å². The summed E-state index contributed by atoms with van der Waals surface area (Å²) in [7, 11) is 0. The fourth-order valence-electron chi connectivity index (χ4n) is 2.38. The second kappa shape index (κ2) is 6.02. The van der Waals surface area contributed by atoms with Crippen LogP contribution < -0.4 is 0 Å². The lowest BCUT2D eigenvalue weighted by Gasteiger charge is -2.36. The molecule has 0 radical (unpaired) electrons. The third-order valence-electron chi connectivity index (χ3n) is 3.95. The SMILES string of the molecule is Cc1cc(C(=O)N2CCC(C)(C)CC2)sc1/C=C/C(=O)O. The van der Waals surface area contributed by atoms with Gasteiger partial charge in [-0.25, -0.2) is 4.79 Å². The van der Waals surface area contributed by atoms with Crippen LogP contribution in [0.4, 0.5) is 0 Å². The van der Waals surface area contributed by atoms with Gasteiger partial charge in [-0.2, -0.15) is 0 Å². The molecule has 2 heterocycles. The molecule has 5 heteroatoms. The van der Waals surface area contributed by atoms with Crippen LogP contribution in [0, 0.1) is 12.3 Å². The number of amides is 1. The van der Waals surface area contributed by atoms with Crippen LogP contribution in [0.1, 0.15) is 46.8 Å². The van der Waals surface area contributed by atoms with Gasteiger partial charge in [0.25, 0.3) is 5.91 Å². The molecule has 1 aliphatic heterocycles. The van der Waals surface area contributed by atoms with E-state index in [2.05, 4.69) is 13.8 Å². The zero-order chi connectivity index (χ0) is 15.6. The van der Waals surface area contributed by atoms with Crippen LogP contribution in [0.3, 0.4) is 0 Å². The Balaban J connectivity index is 2.10. The van der Waals surface area contributed by atoms with Gasteiger partial charge in [0.1, 0.15) is 0 Å². The molecule has 21 heavy (non-hydrogen) atoms. The van der Waals surface area contributed by atoms with Crippen molar-refractivity contribution in [2.45, 2.75) is 33.6 Å². The van der Waals surface area contributed by atoms with Gasteiger partial charge in [0.15, 0.2) is 0 Å². The Morgan fingerprint density at radius 3 is 2.52 bits per heavy atom. The molecule has 1 aromatic heterocycles. The molecule has 4 nitrogen and oxygen atoms in total. The lowest BCUT2D eigenvalue weighted by molar-refractivity contribution is -0.131. The first-order valence-electron chi connectivity index (χ1n) is 7.09. The normalized spacial score (nSPS) is 18.1. The van der Waals surface area contributed by atoms with Crippen LogP contribution in [0.25, 0.3) is 6.08 Å². The molecule has 0 atom stereocenters. The van der Waals surface area contributed by atoms with Crippen LogP contribution in [0.5, 0.6) is 0 Å². The van der Waals surface area contributed by atoms with Crippen molar-refractivity contribution in [1.29, 1.82) is 0 Å². The third kappa shape index (κ3) is 3.94. The number of nitrogens with zero attached hydrogens (tertiary/aromatic N) is 1. The Morgan fingerprint density at radius 1 is 1.33 bits per heavy atom. The van der Waals surface area contributed by atoms with Crippen LogP contribution in [0.2, 0.25) is 0 Å². The number of carboxylic acids is 1. The molecule has 1 amide bonds. The zero-order valence-electron chi connectivity index (χ0n) is 12.7. The van der Waals surface area contributed by atoms with Crippen molar-refractivity contribution in [3.8, 4) is 0 Å². The average molecular weight is 307 g/mol. The Morgan fingerprint density at radius 2 is 1.95 bits per heavy atom. The summed E-state index contributed by atoms with van der Waals surface area (Å²) in [6.07, 6.45) is 4.71. The molecule has 0 spiro atoms. The van der Waals surface area contributed by atoms with E-state index in [9.17, 15) is 9.59 Å². The van der Waals surface area contributed by atoms with Crippen molar-refractivity contribution in [2.24, 2.45) is 5.41 Å². The summed E-state index contributed by atoms with van der Waals surface area (Å²) in [5.41, 5.74) is 1.26. The van der Waals surface area contributed by atoms with Crippen LogP contribution in [-0.2, 0) is 4.79 Å². The van der Waals surface area contributed by atoms with Gasteiger partial charge >= 0.3 is 5.97 Å². The number of thiophene rings is 1. The molecule has 114 valence electrons. The highest BCUT2D eigenvalue weighted by Crippen LogP contribution is 2.31. The first-order valence-corrected chi connectivity index (χ1v) is 7.91. The number of aryl methyl sites for hydroxylation is 1. The molecule has 1 N–H and O–H groups in total. The number of likely N-dealkylation sites (tertiary alicyclic amines) is 1. The van der Waals surface area contributed by atoms with Crippen LogP contribution in [0.15, 0.2) is 12.1 Å². The summed E-state index contributed by atoms with van der Waals surface area (Å²) in [5, 5.41) is 8.68. The number of carbonyl (C=O) groups is 2. The minimum absolute atomic E-state index is 0.0635. The number of carboxylic acid groups (broad SMARTS) is 1. The van der Waals surface area contributed by atoms with Crippen molar-refractivity contribution >= 4 is 29.3 Å². The number of rotatable bonds is 3. The van der Waals surface area contributed by atoms with Crippen molar-refractivity contribution in [1.82, 2.24) is 4.90 Å². The highest BCUT2D eigenvalue weighted by Gasteiger charge is 2.29. The third-order valence-corrected chi connectivity index (χ3v) is 5.14. The number of aliphatic carboxylic acids is 1. The second-order valence-electron chi connectivity index (χ2n) is 6.29. The first kappa shape index (κ1) is 15.8. The Hall–Kier alpha value is -1.62. The molecule has 0 bridgehead atoms. The van der Waals surface area contributed by atoms with E-state index in [1.807, 2.05) is 17.9 Å². The monoisotopic (exact) mass is 307 g/mol. The summed E-state index contributed by atoms with van der Waals surface area (Å²) in [4.78, 5) is 26.5. The maximum atomic E-state index is 12.5. The van der Waals surface area contributed by atoms with E-state index in [4.69, 9.17) is 5.11 Å². The predicted molar refractivity (Wildman–Crippen MR) is 84.6 cm³/mol. The lowest BCUT2D eigenvalue weighted by atomic mass is 9.82. The maximum Gasteiger partial charge on any atom is 0.328 e. The summed E-state index contributed by atoms with van der Waals surface area (Å²) in [5.74, 6) is -0.914. The molecular formula is C16H21NO3S. The zero-order valence-corrected chi connectivity index (χ0v) is 13.5. The van der Waals surface area contributed by atoms with Gasteiger partial charge in [-0.15, -0.1) is 11.3 Å². The molecular weight excluding hydrogens is 286 g/mol. The van der Waals surface area contributed by atoms with E-state index in [1.165, 1.54) is 11.3 Å². The second-order valence-corrected chi connectivity index (χ2v) is 7.37. The minimum atomic E-state index is -0.978. The van der Waals surface area contributed by atoms with E-state index in [-0.39, 0.29) is 5.91 Å². The van der Waals surface area contributed by atoms with Gasteiger partial charge < -0.3 is 10.0 Å². The topological polar surface area (TPSA) is 57.6 Å². The molecule has 0 saturated carbocycles. The van der Waals surface area contributed by atoms with Gasteiger partial charge in [0.2, 0.25) is 0 Å². The van der Waals surface area contributed by atoms with E-state index in [0.29, 0.717) is 10.3 Å². The number of hydrogen-bond acceptors (Lipinski definition) is 3. The highest BCUT2D eigenvalue weighted by molar-refractivity contribution is 7.15. The quantitative estimate of drug-likeness (QED) is 0.871. The lowest BCUT2D eigenvalue weighted by Crippen LogP contribution is -2.40. The van der Waals surface area contributed by atoms with Crippen molar-refractivity contribution in [3.63, 3.8) is 0 Å². The van der Waals surface area contributed by atoms with Crippen LogP contribution >= 0.6 is 11.3 Å². The van der Waals surface area contributed by atoms with Gasteiger partial charge in [-0.05, 0) is 42.9 Å². The Bertz CT molecular complexity index is 576. The molecule has 0 aromatic carbocycles. The standard InChI is InChI=1S/C16H21NO3S/c1-11-10-13(21-12(11)4-5-14(18)19)15(20)17-8-6-16(2,3)7-9-17/h4-5,10H,6-9H2,1-3H3,(H,18,19)/b5-4+. The number of hydrogen-bond donors (Lipinski definition) is 1. The number of carbonyl (C=O) groups excluding carboxylic acids is 1. The molecule has 0 aliphatic carbocycles. The Kier molecular flexibility index (Phi) is 4.52. The van der Waals surface area contributed by atoms with Crippen molar-refractivity contribution < 1.29 is 14.7 Å². The number of piperidine rings is 1. The molecule has 1 aliphatic rings. The first-order chi connectivity index (χ1) is 9.78. The summed E-state index contributed by atoms with van der Waals surface area (Å²) in [6.45, 7) is 7.96. The smallest absolute Gasteiger partial charge is 0.328 e. The summed E-state index contributed by atoms with van der Waals surface area (Å²) in [6, 6.07) is 1.86. The molecule has 1 saturated heterocycles. The van der Waals surface area contributed by atoms with Gasteiger partial charge in [0, 0.05) is 24.0 Å². The summed E-state index contributed by atoms with van der Waals surface area (Å²) < 4.78 is 0.